The Kier molecular flexibility index (Phi) is 9.68. The molecule has 0 aliphatic carbocycles. The van der Waals surface area contributed by atoms with Crippen LogP contribution in [0.5, 0.6) is 0 Å². The van der Waals surface area contributed by atoms with Crippen molar-refractivity contribution in [2.24, 2.45) is 0 Å². The molecular formula is C12H25N2O2P. The lowest BCUT2D eigenvalue weighted by Crippen LogP contribution is -2.33. The fraction of sp³-hybridized carbons (Fsp3) is 0.917. The molecule has 1 unspecified atom stereocenters. The summed E-state index contributed by atoms with van der Waals surface area (Å²) in [5.74, 6) is 0. The molecule has 0 aromatic heterocycles. The average molecular weight is 260 g/mol. The highest BCUT2D eigenvalue weighted by atomic mass is 31.2. The number of hydrogen-bond acceptors (Lipinski definition) is 3. The molecule has 0 aromatic rings. The summed E-state index contributed by atoms with van der Waals surface area (Å²) in [6.07, 6.45) is 0.981. The predicted molar refractivity (Wildman–Crippen MR) is 72.7 cm³/mol. The van der Waals surface area contributed by atoms with E-state index < -0.39 is 8.53 Å². The van der Waals surface area contributed by atoms with Crippen LogP contribution >= 0.6 is 8.53 Å². The first-order valence-corrected chi connectivity index (χ1v) is 7.35. The van der Waals surface area contributed by atoms with Crippen LogP contribution in [-0.4, -0.2) is 36.5 Å². The van der Waals surface area contributed by atoms with Gasteiger partial charge in [0.25, 0.3) is 8.53 Å². The fourth-order valence-electron chi connectivity index (χ4n) is 1.48. The minimum absolute atomic E-state index is 0.380. The Labute approximate surface area is 107 Å². The van der Waals surface area contributed by atoms with Crippen molar-refractivity contribution in [3.8, 4) is 0 Å². The van der Waals surface area contributed by atoms with E-state index in [1.54, 1.807) is 0 Å². The first kappa shape index (κ1) is 16.8. The Morgan fingerprint density at radius 3 is 2.06 bits per heavy atom. The molecule has 0 N–H and O–H groups in total. The maximum atomic E-state index is 6.76. The molecule has 0 radical (unpaired) electrons. The number of hydrogen-bond donors (Lipinski definition) is 0. The summed E-state index contributed by atoms with van der Waals surface area (Å²) in [6, 6.07) is 0.761. The lowest BCUT2D eigenvalue weighted by atomic mass is 10.3. The van der Waals surface area contributed by atoms with E-state index in [-0.39, 0.29) is 0 Å². The SMILES string of the molecule is [C-]#[N+]CCOP(OCCC)N(C(C)C)C(C)C. The minimum atomic E-state index is -1.03. The van der Waals surface area contributed by atoms with Crippen LogP contribution in [-0.2, 0) is 9.05 Å². The summed E-state index contributed by atoms with van der Waals surface area (Å²) in [4.78, 5) is 3.30. The van der Waals surface area contributed by atoms with Gasteiger partial charge in [-0.15, -0.1) is 0 Å². The van der Waals surface area contributed by atoms with Crippen molar-refractivity contribution in [1.29, 1.82) is 0 Å². The quantitative estimate of drug-likeness (QED) is 0.359. The zero-order valence-corrected chi connectivity index (χ0v) is 12.5. The second-order valence-corrected chi connectivity index (χ2v) is 5.81. The molecule has 17 heavy (non-hydrogen) atoms. The molecule has 0 bridgehead atoms. The van der Waals surface area contributed by atoms with Gasteiger partial charge in [-0.25, -0.2) is 11.2 Å². The third kappa shape index (κ3) is 6.95. The third-order valence-electron chi connectivity index (χ3n) is 2.06. The molecule has 5 heteroatoms. The van der Waals surface area contributed by atoms with Crippen molar-refractivity contribution in [2.45, 2.75) is 53.1 Å². The monoisotopic (exact) mass is 260 g/mol. The second-order valence-electron chi connectivity index (χ2n) is 4.35. The van der Waals surface area contributed by atoms with E-state index >= 15 is 0 Å². The molecule has 0 aromatic carbocycles. The molecule has 0 rings (SSSR count). The van der Waals surface area contributed by atoms with E-state index in [9.17, 15) is 0 Å². The summed E-state index contributed by atoms with van der Waals surface area (Å²) in [5.41, 5.74) is 0. The van der Waals surface area contributed by atoms with Crippen molar-refractivity contribution >= 4 is 8.53 Å². The van der Waals surface area contributed by atoms with Gasteiger partial charge in [-0.3, -0.25) is 0 Å². The molecule has 0 aliphatic heterocycles. The Morgan fingerprint density at radius 2 is 1.65 bits per heavy atom. The average Bonchev–Trinajstić information content (AvgIpc) is 2.24. The van der Waals surface area contributed by atoms with Gasteiger partial charge in [0, 0.05) is 12.1 Å². The van der Waals surface area contributed by atoms with E-state index in [2.05, 4.69) is 44.1 Å². The maximum absolute atomic E-state index is 6.76. The van der Waals surface area contributed by atoms with E-state index in [0.29, 0.717) is 31.8 Å². The van der Waals surface area contributed by atoms with Crippen molar-refractivity contribution in [2.75, 3.05) is 19.8 Å². The normalized spacial score (nSPS) is 13.4. The largest absolute Gasteiger partial charge is 0.322 e. The van der Waals surface area contributed by atoms with Gasteiger partial charge in [0.15, 0.2) is 0 Å². The van der Waals surface area contributed by atoms with Crippen LogP contribution in [0, 0.1) is 6.57 Å². The highest BCUT2D eigenvalue weighted by Crippen LogP contribution is 2.45. The topological polar surface area (TPSA) is 26.1 Å². The Hall–Kier alpha value is -0.200. The summed E-state index contributed by atoms with van der Waals surface area (Å²) in [5, 5.41) is 0. The Balaban J connectivity index is 4.44. The standard InChI is InChI=1S/C12H25N2O2P/c1-7-9-15-17(16-10-8-13-6)14(11(2)3)12(4)5/h11-12H,7-10H2,1-5H3. The van der Waals surface area contributed by atoms with Gasteiger partial charge in [0.1, 0.15) is 6.61 Å². The molecule has 0 fully saturated rings. The van der Waals surface area contributed by atoms with Crippen molar-refractivity contribution in [1.82, 2.24) is 4.67 Å². The molecule has 0 aliphatic rings. The van der Waals surface area contributed by atoms with Crippen molar-refractivity contribution in [3.05, 3.63) is 11.4 Å². The molecule has 4 nitrogen and oxygen atoms in total. The van der Waals surface area contributed by atoms with Crippen LogP contribution in [0.15, 0.2) is 0 Å². The third-order valence-corrected chi connectivity index (χ3v) is 4.17. The summed E-state index contributed by atoms with van der Waals surface area (Å²) >= 11 is 0. The fourth-order valence-corrected chi connectivity index (χ4v) is 3.15. The van der Waals surface area contributed by atoms with Gasteiger partial charge in [0.05, 0.1) is 6.61 Å². The lowest BCUT2D eigenvalue weighted by Gasteiger charge is -2.35. The molecule has 0 spiro atoms. The Bertz CT molecular complexity index is 221. The summed E-state index contributed by atoms with van der Waals surface area (Å²) in [6.45, 7) is 19.0. The first-order valence-electron chi connectivity index (χ1n) is 6.22. The predicted octanol–water partition coefficient (Wildman–Crippen LogP) is 3.69. The van der Waals surface area contributed by atoms with Crippen LogP contribution in [0.25, 0.3) is 4.85 Å². The van der Waals surface area contributed by atoms with Gasteiger partial charge in [-0.05, 0) is 34.1 Å². The van der Waals surface area contributed by atoms with Crippen molar-refractivity contribution < 1.29 is 9.05 Å². The minimum Gasteiger partial charge on any atom is -0.322 e. The molecule has 1 atom stereocenters. The van der Waals surface area contributed by atoms with Crippen LogP contribution in [0.2, 0.25) is 0 Å². The summed E-state index contributed by atoms with van der Waals surface area (Å²) < 4.78 is 13.8. The van der Waals surface area contributed by atoms with Crippen LogP contribution in [0.3, 0.4) is 0 Å². The van der Waals surface area contributed by atoms with E-state index in [4.69, 9.17) is 15.6 Å². The first-order chi connectivity index (χ1) is 8.04. The van der Waals surface area contributed by atoms with Crippen LogP contribution in [0.1, 0.15) is 41.0 Å². The highest BCUT2D eigenvalue weighted by molar-refractivity contribution is 7.44. The summed E-state index contributed by atoms with van der Waals surface area (Å²) in [7, 11) is -1.03. The van der Waals surface area contributed by atoms with Gasteiger partial charge in [0.2, 0.25) is 6.54 Å². The molecule has 0 saturated heterocycles. The van der Waals surface area contributed by atoms with Gasteiger partial charge >= 0.3 is 0 Å². The second kappa shape index (κ2) is 9.79. The molecule has 0 saturated carbocycles. The molecule has 0 amide bonds. The van der Waals surface area contributed by atoms with Crippen LogP contribution in [0.4, 0.5) is 0 Å². The van der Waals surface area contributed by atoms with E-state index in [1.165, 1.54) is 0 Å². The number of rotatable bonds is 9. The van der Waals surface area contributed by atoms with Gasteiger partial charge in [-0.2, -0.15) is 0 Å². The zero-order valence-electron chi connectivity index (χ0n) is 11.6. The number of nitrogens with zero attached hydrogens (tertiary/aromatic N) is 2. The van der Waals surface area contributed by atoms with Gasteiger partial charge in [-0.1, -0.05) is 6.92 Å². The molecule has 0 heterocycles. The molecule has 100 valence electrons. The zero-order chi connectivity index (χ0) is 13.3. The Morgan fingerprint density at radius 1 is 1.12 bits per heavy atom. The van der Waals surface area contributed by atoms with Crippen LogP contribution < -0.4 is 0 Å². The maximum Gasteiger partial charge on any atom is 0.259 e. The smallest absolute Gasteiger partial charge is 0.259 e. The van der Waals surface area contributed by atoms with E-state index in [0.717, 1.165) is 6.42 Å². The molecular weight excluding hydrogens is 235 g/mol. The van der Waals surface area contributed by atoms with Gasteiger partial charge < -0.3 is 13.9 Å². The van der Waals surface area contributed by atoms with Crippen molar-refractivity contribution in [3.63, 3.8) is 0 Å². The van der Waals surface area contributed by atoms with E-state index in [1.807, 2.05) is 0 Å². The lowest BCUT2D eigenvalue weighted by molar-refractivity contribution is 0.179. The highest BCUT2D eigenvalue weighted by Gasteiger charge is 2.26.